The third kappa shape index (κ3) is 1.68. The summed E-state index contributed by atoms with van der Waals surface area (Å²) in [5.41, 5.74) is -0.321. The van der Waals surface area contributed by atoms with Gasteiger partial charge in [0.1, 0.15) is 0 Å². The Morgan fingerprint density at radius 1 is 1.67 bits per heavy atom. The van der Waals surface area contributed by atoms with Gasteiger partial charge in [-0.1, -0.05) is 40.6 Å². The zero-order valence-electron chi connectivity index (χ0n) is 11.4. The van der Waals surface area contributed by atoms with Gasteiger partial charge >= 0.3 is 0 Å². The quantitative estimate of drug-likeness (QED) is 0.638. The second kappa shape index (κ2) is 2.83. The van der Waals surface area contributed by atoms with Crippen molar-refractivity contribution in [1.29, 1.82) is 0 Å². The average molecular weight is 190 g/mol. The molecule has 0 saturated heterocycles. The Labute approximate surface area is 73.2 Å². The number of benzene rings is 1. The molecule has 0 unspecified atom stereocenters. The van der Waals surface area contributed by atoms with E-state index in [2.05, 4.69) is 15.9 Å². The van der Waals surface area contributed by atoms with Crippen LogP contribution in [0, 0.1) is 0 Å². The van der Waals surface area contributed by atoms with Crippen molar-refractivity contribution in [3.8, 4) is 0 Å². The largest absolute Gasteiger partial charge is 0.0985 e. The fourth-order valence-corrected chi connectivity index (χ4v) is 0.558. The molecule has 0 bridgehead atoms. The lowest BCUT2D eigenvalue weighted by atomic mass is 10.2. The van der Waals surface area contributed by atoms with E-state index >= 15 is 0 Å². The van der Waals surface area contributed by atoms with E-state index in [1.807, 2.05) is 0 Å². The van der Waals surface area contributed by atoms with Gasteiger partial charge in [0.15, 0.2) is 0 Å². The van der Waals surface area contributed by atoms with Crippen molar-refractivity contribution in [3.63, 3.8) is 0 Å². The molecular formula is C8H7Br. The van der Waals surface area contributed by atoms with Gasteiger partial charge in [-0.05, 0) is 17.6 Å². The minimum absolute atomic E-state index is 0.00978. The summed E-state index contributed by atoms with van der Waals surface area (Å²) in [5.74, 6) is 0. The summed E-state index contributed by atoms with van der Waals surface area (Å²) in [5, 5.41) is 0. The molecule has 0 saturated carbocycles. The second-order valence-corrected chi connectivity index (χ2v) is 2.11. The Hall–Kier alpha value is -0.560. The highest BCUT2D eigenvalue weighted by molar-refractivity contribution is 9.10. The fourth-order valence-electron chi connectivity index (χ4n) is 0.360. The Morgan fingerprint density at radius 2 is 2.33 bits per heavy atom. The molecule has 0 aliphatic heterocycles. The van der Waals surface area contributed by atoms with Crippen LogP contribution in [0.15, 0.2) is 35.2 Å². The summed E-state index contributed by atoms with van der Waals surface area (Å²) in [6, 6.07) is -2.10. The Bertz CT molecular complexity index is 447. The molecule has 0 amide bonds. The summed E-state index contributed by atoms with van der Waals surface area (Å²) >= 11 is 2.92. The summed E-state index contributed by atoms with van der Waals surface area (Å²) in [7, 11) is 0. The summed E-state index contributed by atoms with van der Waals surface area (Å²) in [6.07, 6.45) is 0. The highest BCUT2D eigenvalue weighted by atomic mass is 79.9. The summed E-state index contributed by atoms with van der Waals surface area (Å²) < 4.78 is 51.4. The van der Waals surface area contributed by atoms with Crippen molar-refractivity contribution in [2.75, 3.05) is 0 Å². The predicted octanol–water partition coefficient (Wildman–Crippen LogP) is 3.09. The van der Waals surface area contributed by atoms with Crippen molar-refractivity contribution in [2.45, 2.75) is 0 Å². The van der Waals surface area contributed by atoms with E-state index < -0.39 is 24.7 Å². The van der Waals surface area contributed by atoms with Crippen LogP contribution < -0.4 is 0 Å². The minimum atomic E-state index is -0.844. The highest BCUT2D eigenvalue weighted by Crippen LogP contribution is 2.10. The van der Waals surface area contributed by atoms with Gasteiger partial charge in [-0.2, -0.15) is 0 Å². The molecule has 0 N–H and O–H groups in total. The smallest absolute Gasteiger partial charge is 0.0635 e. The van der Waals surface area contributed by atoms with Crippen LogP contribution in [0.25, 0.3) is 6.05 Å². The maximum Gasteiger partial charge on any atom is 0.0635 e. The minimum Gasteiger partial charge on any atom is -0.0985 e. The van der Waals surface area contributed by atoms with Gasteiger partial charge in [-0.25, -0.2) is 0 Å². The second-order valence-electron chi connectivity index (χ2n) is 1.31. The maximum atomic E-state index is 7.56. The van der Waals surface area contributed by atoms with Gasteiger partial charge in [-0.15, -0.1) is 0 Å². The molecule has 0 spiro atoms. The third-order valence-electron chi connectivity index (χ3n) is 0.719. The molecule has 0 atom stereocenters. The fraction of sp³-hybridized carbons (Fsp3) is 0. The molecule has 0 aliphatic rings. The first kappa shape index (κ1) is 1.96. The molecule has 1 aromatic rings. The molecule has 1 aromatic carbocycles. The Morgan fingerprint density at radius 3 is 2.89 bits per heavy atom. The van der Waals surface area contributed by atoms with Crippen molar-refractivity contribution < 1.29 is 9.60 Å². The topological polar surface area (TPSA) is 0 Å². The van der Waals surface area contributed by atoms with Crippen LogP contribution in [0.1, 0.15) is 15.2 Å². The maximum absolute atomic E-state index is 7.56. The highest BCUT2D eigenvalue weighted by Gasteiger charge is 1.83. The van der Waals surface area contributed by atoms with Crippen molar-refractivity contribution in [3.05, 3.63) is 40.7 Å². The molecule has 0 radical (unpaired) electrons. The molecule has 0 nitrogen and oxygen atoms in total. The first-order valence-corrected chi connectivity index (χ1v) is 2.98. The first-order chi connectivity index (χ1) is 7.29. The van der Waals surface area contributed by atoms with Crippen LogP contribution in [-0.2, 0) is 0 Å². The zero-order chi connectivity index (χ0) is 12.6. The van der Waals surface area contributed by atoms with Crippen LogP contribution >= 0.6 is 15.9 Å². The Kier molecular flexibility index (Phi) is 0.616. The van der Waals surface area contributed by atoms with Crippen LogP contribution in [0.3, 0.4) is 0 Å². The molecule has 46 valence electrons. The van der Waals surface area contributed by atoms with Gasteiger partial charge in [0.25, 0.3) is 0 Å². The van der Waals surface area contributed by atoms with Gasteiger partial charge in [0, 0.05) is 4.47 Å². The molecule has 0 aromatic heterocycles. The van der Waals surface area contributed by atoms with Crippen molar-refractivity contribution >= 4 is 22.0 Å². The lowest BCUT2D eigenvalue weighted by Crippen LogP contribution is -1.67. The molecule has 0 heterocycles. The van der Waals surface area contributed by atoms with Crippen molar-refractivity contribution in [1.82, 2.24) is 0 Å². The van der Waals surface area contributed by atoms with Gasteiger partial charge < -0.3 is 0 Å². The van der Waals surface area contributed by atoms with Crippen LogP contribution in [0.4, 0.5) is 0 Å². The van der Waals surface area contributed by atoms with Gasteiger partial charge in [0.05, 0.1) is 9.60 Å². The standard InChI is InChI=1S/C8H7Br/c1-2-7-3-5-8(9)6-4-7/h2-6H,1H2/i1D2,2D,3D,4D,5D,6D. The van der Waals surface area contributed by atoms with E-state index in [4.69, 9.17) is 9.60 Å². The monoisotopic (exact) mass is 189 g/mol. The van der Waals surface area contributed by atoms with Crippen LogP contribution in [0.2, 0.25) is 0 Å². The lowest BCUT2D eigenvalue weighted by molar-refractivity contribution is 1.62. The van der Waals surface area contributed by atoms with E-state index in [0.717, 1.165) is 0 Å². The number of halogens is 1. The number of hydrogen-bond acceptors (Lipinski definition) is 0. The SMILES string of the molecule is [2H]C([2H])=C([2H])c1c([2H])c([2H])c(Br)c([2H])c1[2H]. The third-order valence-corrected chi connectivity index (χ3v) is 1.12. The summed E-state index contributed by atoms with van der Waals surface area (Å²) in [4.78, 5) is 0. The Balaban J connectivity index is 3.72. The lowest BCUT2D eigenvalue weighted by Gasteiger charge is -1.90. The first-order valence-electron chi connectivity index (χ1n) is 5.69. The normalized spacial score (nSPS) is 19.4. The van der Waals surface area contributed by atoms with Crippen LogP contribution in [-0.4, -0.2) is 0 Å². The molecule has 0 aliphatic carbocycles. The van der Waals surface area contributed by atoms with Crippen LogP contribution in [0.5, 0.6) is 0 Å². The molecule has 1 heteroatoms. The van der Waals surface area contributed by atoms with E-state index in [1.165, 1.54) is 0 Å². The molecule has 0 fully saturated rings. The zero-order valence-corrected chi connectivity index (χ0v) is 5.96. The predicted molar refractivity (Wildman–Crippen MR) is 44.2 cm³/mol. The molecule has 1 rings (SSSR count). The summed E-state index contributed by atoms with van der Waals surface area (Å²) in [6.45, 7) is -0.844. The number of hydrogen-bond donors (Lipinski definition) is 0. The molecular weight excluding hydrogens is 176 g/mol. The number of rotatable bonds is 1. The van der Waals surface area contributed by atoms with E-state index in [1.54, 1.807) is 0 Å². The van der Waals surface area contributed by atoms with E-state index in [-0.39, 0.29) is 22.1 Å². The molecule has 9 heavy (non-hydrogen) atoms. The van der Waals surface area contributed by atoms with E-state index in [0.29, 0.717) is 0 Å². The van der Waals surface area contributed by atoms with Gasteiger partial charge in [-0.3, -0.25) is 0 Å². The van der Waals surface area contributed by atoms with Crippen molar-refractivity contribution in [2.24, 2.45) is 0 Å². The van der Waals surface area contributed by atoms with E-state index in [9.17, 15) is 0 Å². The van der Waals surface area contributed by atoms with Gasteiger partial charge in [0.2, 0.25) is 0 Å². The average Bonchev–Trinajstić information content (AvgIpc) is 2.23.